The molecular formula is C21H24ClN5O3. The molecule has 2 N–H and O–H groups in total. The number of halogens is 1. The molecule has 1 aliphatic carbocycles. The molecule has 0 radical (unpaired) electrons. The standard InChI is InChI=1S/C21H24ClN5O3/c1-21(2,3)30-20(29)25-18-17-16(8-12-5-4-6-13(22)7-12)26-27(14-9-15(28)10-14)19(17)24-11-23-18/h4-7,11,14-15,28H,8-10H2,1-3H3,(H,23,24,25,29)/t14-,15-. The van der Waals surface area contributed by atoms with Gasteiger partial charge in [0.05, 0.1) is 23.2 Å². The van der Waals surface area contributed by atoms with Crippen molar-refractivity contribution in [1.29, 1.82) is 0 Å². The van der Waals surface area contributed by atoms with Crippen molar-refractivity contribution < 1.29 is 14.6 Å². The van der Waals surface area contributed by atoms with Crippen LogP contribution in [-0.4, -0.2) is 42.7 Å². The van der Waals surface area contributed by atoms with Crippen LogP contribution in [-0.2, 0) is 11.2 Å². The van der Waals surface area contributed by atoms with Gasteiger partial charge in [0.15, 0.2) is 5.65 Å². The van der Waals surface area contributed by atoms with Crippen molar-refractivity contribution in [3.05, 3.63) is 46.9 Å². The summed E-state index contributed by atoms with van der Waals surface area (Å²) in [5.74, 6) is 0.345. The number of carbonyl (C=O) groups excluding carboxylic acids is 1. The number of ether oxygens (including phenoxy) is 1. The lowest BCUT2D eigenvalue weighted by molar-refractivity contribution is 0.0449. The SMILES string of the molecule is CC(C)(C)OC(=O)Nc1ncnc2c1c(Cc1cccc(Cl)c1)nn2[C@H]1C[C@H](O)C1. The quantitative estimate of drug-likeness (QED) is 0.646. The van der Waals surface area contributed by atoms with E-state index in [9.17, 15) is 9.90 Å². The van der Waals surface area contributed by atoms with Crippen LogP contribution in [0, 0.1) is 0 Å². The Hall–Kier alpha value is -2.71. The molecule has 2 aromatic heterocycles. The van der Waals surface area contributed by atoms with Gasteiger partial charge in [0.1, 0.15) is 17.7 Å². The number of hydrogen-bond donors (Lipinski definition) is 2. The number of hydrogen-bond acceptors (Lipinski definition) is 6. The topological polar surface area (TPSA) is 102 Å². The second kappa shape index (κ2) is 7.85. The molecule has 0 bridgehead atoms. The molecule has 0 saturated heterocycles. The first-order chi connectivity index (χ1) is 14.2. The van der Waals surface area contributed by atoms with Crippen LogP contribution in [0.1, 0.15) is 50.9 Å². The van der Waals surface area contributed by atoms with Crippen LogP contribution in [0.4, 0.5) is 10.6 Å². The first kappa shape index (κ1) is 20.6. The predicted octanol–water partition coefficient (Wildman–Crippen LogP) is 4.11. The summed E-state index contributed by atoms with van der Waals surface area (Å²) in [5.41, 5.74) is 1.69. The molecule has 0 unspecified atom stereocenters. The fourth-order valence-corrected chi connectivity index (χ4v) is 3.73. The highest BCUT2D eigenvalue weighted by atomic mass is 35.5. The van der Waals surface area contributed by atoms with Crippen LogP contribution < -0.4 is 5.32 Å². The van der Waals surface area contributed by atoms with Gasteiger partial charge in [-0.25, -0.2) is 19.4 Å². The van der Waals surface area contributed by atoms with E-state index < -0.39 is 11.7 Å². The normalized spacial score (nSPS) is 18.8. The highest BCUT2D eigenvalue weighted by Gasteiger charge is 2.32. The van der Waals surface area contributed by atoms with Crippen molar-refractivity contribution in [1.82, 2.24) is 19.7 Å². The number of anilines is 1. The first-order valence-corrected chi connectivity index (χ1v) is 10.2. The van der Waals surface area contributed by atoms with Crippen LogP contribution in [0.2, 0.25) is 5.02 Å². The molecule has 0 aliphatic heterocycles. The van der Waals surface area contributed by atoms with Gasteiger partial charge in [-0.15, -0.1) is 0 Å². The summed E-state index contributed by atoms with van der Waals surface area (Å²) in [5, 5.41) is 18.6. The van der Waals surface area contributed by atoms with Gasteiger partial charge in [0, 0.05) is 11.4 Å². The lowest BCUT2D eigenvalue weighted by Gasteiger charge is -2.31. The number of benzene rings is 1. The molecule has 3 aromatic rings. The van der Waals surface area contributed by atoms with E-state index in [1.54, 1.807) is 20.8 Å². The highest BCUT2D eigenvalue weighted by molar-refractivity contribution is 6.30. The van der Waals surface area contributed by atoms with Crippen molar-refractivity contribution in [2.75, 3.05) is 5.32 Å². The van der Waals surface area contributed by atoms with E-state index in [1.807, 2.05) is 28.9 Å². The summed E-state index contributed by atoms with van der Waals surface area (Å²) in [6.45, 7) is 5.39. The van der Waals surface area contributed by atoms with Gasteiger partial charge >= 0.3 is 6.09 Å². The van der Waals surface area contributed by atoms with E-state index in [2.05, 4.69) is 15.3 Å². The van der Waals surface area contributed by atoms with E-state index in [1.165, 1.54) is 6.33 Å². The largest absolute Gasteiger partial charge is 0.444 e. The van der Waals surface area contributed by atoms with Gasteiger partial charge in [-0.1, -0.05) is 23.7 Å². The monoisotopic (exact) mass is 429 g/mol. The second-order valence-electron chi connectivity index (χ2n) is 8.52. The molecule has 30 heavy (non-hydrogen) atoms. The van der Waals surface area contributed by atoms with Crippen molar-refractivity contribution in [2.24, 2.45) is 0 Å². The summed E-state index contributed by atoms with van der Waals surface area (Å²) < 4.78 is 7.20. The molecule has 0 spiro atoms. The number of carbonyl (C=O) groups is 1. The Morgan fingerprint density at radius 2 is 2.10 bits per heavy atom. The number of amides is 1. The summed E-state index contributed by atoms with van der Waals surface area (Å²) >= 11 is 6.14. The van der Waals surface area contributed by atoms with E-state index >= 15 is 0 Å². The van der Waals surface area contributed by atoms with Crippen LogP contribution in [0.5, 0.6) is 0 Å². The number of rotatable bonds is 4. The summed E-state index contributed by atoms with van der Waals surface area (Å²) in [4.78, 5) is 21.1. The maximum atomic E-state index is 12.4. The van der Waals surface area contributed by atoms with Crippen LogP contribution >= 0.6 is 11.6 Å². The fraction of sp³-hybridized carbons (Fsp3) is 0.429. The highest BCUT2D eigenvalue weighted by Crippen LogP contribution is 2.36. The zero-order valence-electron chi connectivity index (χ0n) is 17.1. The zero-order chi connectivity index (χ0) is 21.5. The van der Waals surface area contributed by atoms with Gasteiger partial charge < -0.3 is 9.84 Å². The average molecular weight is 430 g/mol. The van der Waals surface area contributed by atoms with Gasteiger partial charge in [-0.2, -0.15) is 5.10 Å². The number of aliphatic hydroxyl groups excluding tert-OH is 1. The lowest BCUT2D eigenvalue weighted by atomic mass is 9.90. The second-order valence-corrected chi connectivity index (χ2v) is 8.96. The third-order valence-corrected chi connectivity index (χ3v) is 5.11. The summed E-state index contributed by atoms with van der Waals surface area (Å²) in [7, 11) is 0. The van der Waals surface area contributed by atoms with E-state index in [0.29, 0.717) is 41.1 Å². The Morgan fingerprint density at radius 3 is 2.77 bits per heavy atom. The molecule has 0 atom stereocenters. The average Bonchev–Trinajstić information content (AvgIpc) is 2.96. The molecule has 1 aliphatic rings. The van der Waals surface area contributed by atoms with Crippen molar-refractivity contribution in [3.8, 4) is 0 Å². The van der Waals surface area contributed by atoms with Crippen LogP contribution in [0.25, 0.3) is 11.0 Å². The molecule has 1 aromatic carbocycles. The number of nitrogens with zero attached hydrogens (tertiary/aromatic N) is 4. The van der Waals surface area contributed by atoms with E-state index in [4.69, 9.17) is 21.4 Å². The lowest BCUT2D eigenvalue weighted by Crippen LogP contribution is -2.31. The summed E-state index contributed by atoms with van der Waals surface area (Å²) in [6, 6.07) is 7.60. The smallest absolute Gasteiger partial charge is 0.413 e. The van der Waals surface area contributed by atoms with Crippen molar-refractivity contribution >= 4 is 34.5 Å². The minimum atomic E-state index is -0.633. The molecule has 2 heterocycles. The maximum absolute atomic E-state index is 12.4. The minimum Gasteiger partial charge on any atom is -0.444 e. The van der Waals surface area contributed by atoms with Gasteiger partial charge in [-0.3, -0.25) is 5.32 Å². The molecule has 1 saturated carbocycles. The molecule has 8 nitrogen and oxygen atoms in total. The molecular weight excluding hydrogens is 406 g/mol. The minimum absolute atomic E-state index is 0.0555. The molecule has 158 valence electrons. The maximum Gasteiger partial charge on any atom is 0.413 e. The predicted molar refractivity (Wildman–Crippen MR) is 114 cm³/mol. The summed E-state index contributed by atoms with van der Waals surface area (Å²) in [6.07, 6.45) is 2.20. The van der Waals surface area contributed by atoms with Crippen molar-refractivity contribution in [3.63, 3.8) is 0 Å². The Morgan fingerprint density at radius 1 is 1.33 bits per heavy atom. The Labute approximate surface area is 179 Å². The van der Waals surface area contributed by atoms with Crippen LogP contribution in [0.3, 0.4) is 0 Å². The van der Waals surface area contributed by atoms with Crippen molar-refractivity contribution in [2.45, 2.75) is 57.8 Å². The number of fused-ring (bicyclic) bond motifs is 1. The number of aliphatic hydroxyl groups is 1. The third kappa shape index (κ3) is 4.39. The molecule has 9 heteroatoms. The first-order valence-electron chi connectivity index (χ1n) is 9.84. The van der Waals surface area contributed by atoms with E-state index in [0.717, 1.165) is 11.3 Å². The molecule has 1 fully saturated rings. The van der Waals surface area contributed by atoms with Gasteiger partial charge in [-0.05, 0) is 51.3 Å². The van der Waals surface area contributed by atoms with E-state index in [-0.39, 0.29) is 12.1 Å². The third-order valence-electron chi connectivity index (χ3n) is 4.88. The zero-order valence-corrected chi connectivity index (χ0v) is 17.8. The Kier molecular flexibility index (Phi) is 5.38. The van der Waals surface area contributed by atoms with Gasteiger partial charge in [0.25, 0.3) is 0 Å². The van der Waals surface area contributed by atoms with Crippen LogP contribution in [0.15, 0.2) is 30.6 Å². The Balaban J connectivity index is 1.75. The molecule has 1 amide bonds. The number of aromatic nitrogens is 4. The number of nitrogens with one attached hydrogen (secondary N) is 1. The fourth-order valence-electron chi connectivity index (χ4n) is 3.52. The van der Waals surface area contributed by atoms with Gasteiger partial charge in [0.2, 0.25) is 0 Å². The Bertz CT molecular complexity index is 1090. The molecule has 4 rings (SSSR count).